The van der Waals surface area contributed by atoms with Gasteiger partial charge in [0.05, 0.1) is 0 Å². The molecule has 0 heterocycles. The standard InChI is InChI=1S/C4H10BOS/c1-3-5-4-7(2)6/h3-4H2,1-2H3. The first kappa shape index (κ1) is 7.21. The van der Waals surface area contributed by atoms with E-state index >= 15 is 0 Å². The van der Waals surface area contributed by atoms with Crippen LogP contribution in [0.15, 0.2) is 0 Å². The van der Waals surface area contributed by atoms with Crippen molar-refractivity contribution in [3.63, 3.8) is 0 Å². The van der Waals surface area contributed by atoms with Crippen LogP contribution in [0.25, 0.3) is 0 Å². The molecule has 41 valence electrons. The summed E-state index contributed by atoms with van der Waals surface area (Å²) in [6.07, 6.45) is 2.74. The third kappa shape index (κ3) is 6.21. The first-order valence-electron chi connectivity index (χ1n) is 2.39. The van der Waals surface area contributed by atoms with Gasteiger partial charge < -0.3 is 0 Å². The Morgan fingerprint density at radius 1 is 1.71 bits per heavy atom. The van der Waals surface area contributed by atoms with Gasteiger partial charge in [0, 0.05) is 17.1 Å². The van der Waals surface area contributed by atoms with E-state index in [1.54, 1.807) is 6.26 Å². The van der Waals surface area contributed by atoms with Crippen molar-refractivity contribution in [2.24, 2.45) is 0 Å². The molecule has 3 heteroatoms. The maximum Gasteiger partial charge on any atom is 0.125 e. The number of rotatable bonds is 3. The summed E-state index contributed by atoms with van der Waals surface area (Å²) in [4.78, 5) is 0. The van der Waals surface area contributed by atoms with Crippen molar-refractivity contribution in [1.82, 2.24) is 0 Å². The van der Waals surface area contributed by atoms with E-state index in [0.717, 1.165) is 12.0 Å². The molecule has 0 aliphatic rings. The Kier molecular flexibility index (Phi) is 4.51. The highest BCUT2D eigenvalue weighted by Crippen LogP contribution is 1.76. The molecule has 0 saturated carbocycles. The fraction of sp³-hybridized carbons (Fsp3) is 1.00. The van der Waals surface area contributed by atoms with E-state index in [1.807, 2.05) is 14.2 Å². The highest BCUT2D eigenvalue weighted by atomic mass is 32.2. The molecule has 0 rings (SSSR count). The van der Waals surface area contributed by atoms with Gasteiger partial charge in [0.2, 0.25) is 0 Å². The highest BCUT2D eigenvalue weighted by molar-refractivity contribution is 7.85. The summed E-state index contributed by atoms with van der Waals surface area (Å²) >= 11 is 0. The van der Waals surface area contributed by atoms with Gasteiger partial charge in [-0.1, -0.05) is 13.2 Å². The Morgan fingerprint density at radius 3 is 2.43 bits per heavy atom. The summed E-state index contributed by atoms with van der Waals surface area (Å²) in [6.45, 7) is 2.05. The lowest BCUT2D eigenvalue weighted by atomic mass is 9.79. The van der Waals surface area contributed by atoms with Gasteiger partial charge in [0.25, 0.3) is 0 Å². The SMILES string of the molecule is CC[B]CS(C)=O. The molecule has 0 aliphatic heterocycles. The molecule has 1 nitrogen and oxygen atoms in total. The molecule has 0 aromatic carbocycles. The highest BCUT2D eigenvalue weighted by Gasteiger charge is 1.87. The zero-order chi connectivity index (χ0) is 5.70. The average molecular weight is 117 g/mol. The second-order valence-electron chi connectivity index (χ2n) is 1.44. The maximum absolute atomic E-state index is 10.3. The molecule has 0 aromatic heterocycles. The molecule has 0 aromatic rings. The van der Waals surface area contributed by atoms with Crippen LogP contribution in [0.3, 0.4) is 0 Å². The Bertz CT molecular complexity index is 64.7. The van der Waals surface area contributed by atoms with Crippen LogP contribution in [0.4, 0.5) is 0 Å². The van der Waals surface area contributed by atoms with Crippen LogP contribution in [-0.4, -0.2) is 23.4 Å². The van der Waals surface area contributed by atoms with Crippen LogP contribution >= 0.6 is 0 Å². The molecule has 0 bridgehead atoms. The second-order valence-corrected chi connectivity index (χ2v) is 2.92. The van der Waals surface area contributed by atoms with E-state index in [-0.39, 0.29) is 0 Å². The van der Waals surface area contributed by atoms with Gasteiger partial charge >= 0.3 is 0 Å². The predicted molar refractivity (Wildman–Crippen MR) is 35.2 cm³/mol. The van der Waals surface area contributed by atoms with Gasteiger partial charge in [0.1, 0.15) is 7.28 Å². The van der Waals surface area contributed by atoms with E-state index in [9.17, 15) is 4.21 Å². The zero-order valence-corrected chi connectivity index (χ0v) is 5.62. The van der Waals surface area contributed by atoms with E-state index in [1.165, 1.54) is 0 Å². The molecule has 0 aliphatic carbocycles. The Hall–Kier alpha value is 0.215. The summed E-state index contributed by atoms with van der Waals surface area (Å²) in [6, 6.07) is 0. The lowest BCUT2D eigenvalue weighted by molar-refractivity contribution is 0.689. The Morgan fingerprint density at radius 2 is 2.29 bits per heavy atom. The molecule has 1 atom stereocenters. The monoisotopic (exact) mass is 117 g/mol. The van der Waals surface area contributed by atoms with Crippen molar-refractivity contribution in [1.29, 1.82) is 0 Å². The molecular formula is C4H10BOS. The summed E-state index contributed by atoms with van der Waals surface area (Å²) in [5, 5.41) is 0. The summed E-state index contributed by atoms with van der Waals surface area (Å²) in [5.41, 5.74) is 0.747. The second kappa shape index (κ2) is 4.38. The zero-order valence-electron chi connectivity index (χ0n) is 4.81. The topological polar surface area (TPSA) is 17.1 Å². The van der Waals surface area contributed by atoms with Crippen molar-refractivity contribution in [3.8, 4) is 0 Å². The third-order valence-corrected chi connectivity index (χ3v) is 1.35. The van der Waals surface area contributed by atoms with E-state index in [4.69, 9.17) is 0 Å². The lowest BCUT2D eigenvalue weighted by Crippen LogP contribution is -2.01. The number of hydrogen-bond acceptors (Lipinski definition) is 1. The van der Waals surface area contributed by atoms with Crippen molar-refractivity contribution in [2.45, 2.75) is 13.2 Å². The fourth-order valence-corrected chi connectivity index (χ4v) is 0.851. The van der Waals surface area contributed by atoms with Gasteiger partial charge in [-0.05, 0) is 5.65 Å². The first-order valence-corrected chi connectivity index (χ1v) is 4.11. The minimum atomic E-state index is -0.621. The van der Waals surface area contributed by atoms with Gasteiger partial charge in [-0.2, -0.15) is 0 Å². The smallest absolute Gasteiger partial charge is 0.125 e. The molecule has 0 fully saturated rings. The van der Waals surface area contributed by atoms with Crippen LogP contribution in [0.1, 0.15) is 6.92 Å². The summed E-state index contributed by atoms with van der Waals surface area (Å²) in [7, 11) is 1.40. The molecule has 7 heavy (non-hydrogen) atoms. The van der Waals surface area contributed by atoms with Gasteiger partial charge in [-0.25, -0.2) is 0 Å². The number of hydrogen-bond donors (Lipinski definition) is 0. The van der Waals surface area contributed by atoms with Gasteiger partial charge in [-0.3, -0.25) is 4.21 Å². The normalized spacial score (nSPS) is 13.4. The molecule has 0 saturated heterocycles. The van der Waals surface area contributed by atoms with Crippen molar-refractivity contribution < 1.29 is 4.21 Å². The average Bonchev–Trinajstić information content (AvgIpc) is 1.61. The van der Waals surface area contributed by atoms with Crippen LogP contribution in [0, 0.1) is 0 Å². The summed E-state index contributed by atoms with van der Waals surface area (Å²) in [5.74, 6) is 0. The van der Waals surface area contributed by atoms with E-state index < -0.39 is 10.8 Å². The minimum Gasteiger partial charge on any atom is -0.261 e. The quantitative estimate of drug-likeness (QED) is 0.491. The largest absolute Gasteiger partial charge is 0.261 e. The van der Waals surface area contributed by atoms with Gasteiger partial charge in [-0.15, -0.1) is 0 Å². The predicted octanol–water partition coefficient (Wildman–Crippen LogP) is 0.465. The van der Waals surface area contributed by atoms with Crippen LogP contribution in [0.2, 0.25) is 6.32 Å². The molecule has 1 unspecified atom stereocenters. The van der Waals surface area contributed by atoms with Crippen LogP contribution in [-0.2, 0) is 10.8 Å². The molecular weight excluding hydrogens is 107 g/mol. The first-order chi connectivity index (χ1) is 3.27. The van der Waals surface area contributed by atoms with E-state index in [2.05, 4.69) is 0 Å². The fourth-order valence-electron chi connectivity index (χ4n) is 0.284. The summed E-state index contributed by atoms with van der Waals surface area (Å²) < 4.78 is 10.3. The molecule has 0 N–H and O–H groups in total. The lowest BCUT2D eigenvalue weighted by Gasteiger charge is -1.85. The third-order valence-electron chi connectivity index (χ3n) is 0.641. The van der Waals surface area contributed by atoms with Crippen molar-refractivity contribution >= 4 is 18.1 Å². The molecule has 0 amide bonds. The Labute approximate surface area is 48.2 Å². The minimum absolute atomic E-state index is 0.621. The van der Waals surface area contributed by atoms with E-state index in [0.29, 0.717) is 0 Å². The molecule has 0 spiro atoms. The van der Waals surface area contributed by atoms with Crippen molar-refractivity contribution in [2.75, 3.05) is 11.9 Å². The van der Waals surface area contributed by atoms with Crippen LogP contribution < -0.4 is 0 Å². The van der Waals surface area contributed by atoms with Gasteiger partial charge in [0.15, 0.2) is 0 Å². The Balaban J connectivity index is 2.82. The van der Waals surface area contributed by atoms with Crippen LogP contribution in [0.5, 0.6) is 0 Å². The molecule has 1 radical (unpaired) electrons. The van der Waals surface area contributed by atoms with Crippen molar-refractivity contribution in [3.05, 3.63) is 0 Å². The maximum atomic E-state index is 10.3.